The summed E-state index contributed by atoms with van der Waals surface area (Å²) in [5.74, 6) is 0. The summed E-state index contributed by atoms with van der Waals surface area (Å²) in [6.07, 6.45) is 2.45. The molecule has 0 unspecified atom stereocenters. The van der Waals surface area contributed by atoms with E-state index in [1.165, 1.54) is 11.1 Å². The standard InChI is InChI=1S/C16H17N3S/c1-12-7-3-4-8-14(12)11-16(20)19-18-13(2)15-9-5-6-10-17-15/h3-10H,11H2,1-2H3,(H,19,20). The van der Waals surface area contributed by atoms with Gasteiger partial charge in [0.1, 0.15) is 4.99 Å². The van der Waals surface area contributed by atoms with Gasteiger partial charge in [-0.3, -0.25) is 10.4 Å². The maximum Gasteiger partial charge on any atom is 0.101 e. The van der Waals surface area contributed by atoms with E-state index in [-0.39, 0.29) is 0 Å². The number of thiocarbonyl (C=S) groups is 1. The topological polar surface area (TPSA) is 37.3 Å². The number of hydrazone groups is 1. The molecule has 1 aromatic carbocycles. The van der Waals surface area contributed by atoms with Crippen LogP contribution in [0.15, 0.2) is 53.8 Å². The van der Waals surface area contributed by atoms with E-state index in [1.807, 2.05) is 37.3 Å². The predicted molar refractivity (Wildman–Crippen MR) is 87.1 cm³/mol. The molecular weight excluding hydrogens is 266 g/mol. The van der Waals surface area contributed by atoms with Crippen LogP contribution in [0.25, 0.3) is 0 Å². The number of rotatable bonds is 4. The number of hydrogen-bond donors (Lipinski definition) is 1. The van der Waals surface area contributed by atoms with Crippen LogP contribution in [0.2, 0.25) is 0 Å². The third kappa shape index (κ3) is 3.96. The Morgan fingerprint density at radius 1 is 1.20 bits per heavy atom. The summed E-state index contributed by atoms with van der Waals surface area (Å²) in [4.78, 5) is 4.94. The average molecular weight is 283 g/mol. The molecule has 3 nitrogen and oxygen atoms in total. The number of benzene rings is 1. The zero-order chi connectivity index (χ0) is 14.4. The smallest absolute Gasteiger partial charge is 0.101 e. The van der Waals surface area contributed by atoms with Gasteiger partial charge in [0.25, 0.3) is 0 Å². The first kappa shape index (κ1) is 14.3. The van der Waals surface area contributed by atoms with Gasteiger partial charge in [-0.2, -0.15) is 5.10 Å². The molecule has 0 aliphatic heterocycles. The average Bonchev–Trinajstić information content (AvgIpc) is 2.48. The SMILES string of the molecule is CC(=NNC(=S)Cc1ccccc1C)c1ccccn1. The minimum absolute atomic E-state index is 0.695. The van der Waals surface area contributed by atoms with E-state index in [4.69, 9.17) is 12.2 Å². The number of hydrogen-bond acceptors (Lipinski definition) is 3. The van der Waals surface area contributed by atoms with E-state index in [9.17, 15) is 0 Å². The van der Waals surface area contributed by atoms with E-state index in [0.717, 1.165) is 11.4 Å². The summed E-state index contributed by atoms with van der Waals surface area (Å²) >= 11 is 5.33. The van der Waals surface area contributed by atoms with Crippen LogP contribution in [0.1, 0.15) is 23.7 Å². The van der Waals surface area contributed by atoms with Gasteiger partial charge in [-0.05, 0) is 37.1 Å². The highest BCUT2D eigenvalue weighted by molar-refractivity contribution is 7.80. The monoisotopic (exact) mass is 283 g/mol. The predicted octanol–water partition coefficient (Wildman–Crippen LogP) is 3.27. The molecule has 0 atom stereocenters. The normalized spacial score (nSPS) is 11.2. The minimum atomic E-state index is 0.695. The minimum Gasteiger partial charge on any atom is -0.271 e. The molecule has 0 spiro atoms. The van der Waals surface area contributed by atoms with Crippen molar-refractivity contribution in [3.05, 3.63) is 65.5 Å². The Labute approximate surface area is 124 Å². The molecule has 1 heterocycles. The van der Waals surface area contributed by atoms with Gasteiger partial charge in [0.15, 0.2) is 0 Å². The molecule has 4 heteroatoms. The van der Waals surface area contributed by atoms with Gasteiger partial charge in [0.05, 0.1) is 11.4 Å². The van der Waals surface area contributed by atoms with E-state index >= 15 is 0 Å². The van der Waals surface area contributed by atoms with Crippen molar-refractivity contribution in [1.82, 2.24) is 10.4 Å². The second-order valence-corrected chi connectivity index (χ2v) is 5.04. The highest BCUT2D eigenvalue weighted by Gasteiger charge is 2.02. The summed E-state index contributed by atoms with van der Waals surface area (Å²) in [5, 5.41) is 4.28. The van der Waals surface area contributed by atoms with Crippen LogP contribution in [0.5, 0.6) is 0 Å². The zero-order valence-corrected chi connectivity index (χ0v) is 12.4. The van der Waals surface area contributed by atoms with Gasteiger partial charge in [0.2, 0.25) is 0 Å². The maximum atomic E-state index is 5.33. The number of nitrogens with zero attached hydrogens (tertiary/aromatic N) is 2. The summed E-state index contributed by atoms with van der Waals surface area (Å²) in [6, 6.07) is 14.0. The molecule has 2 aromatic rings. The molecule has 2 rings (SSSR count). The van der Waals surface area contributed by atoms with Crippen LogP contribution in [0.3, 0.4) is 0 Å². The largest absolute Gasteiger partial charge is 0.271 e. The summed E-state index contributed by atoms with van der Waals surface area (Å²) in [7, 11) is 0. The van der Waals surface area contributed by atoms with Crippen molar-refractivity contribution in [3.8, 4) is 0 Å². The highest BCUT2D eigenvalue weighted by atomic mass is 32.1. The molecular formula is C16H17N3S. The van der Waals surface area contributed by atoms with E-state index in [1.54, 1.807) is 6.20 Å². The number of pyridine rings is 1. The van der Waals surface area contributed by atoms with Crippen LogP contribution in [-0.4, -0.2) is 15.7 Å². The summed E-state index contributed by atoms with van der Waals surface area (Å²) < 4.78 is 0. The Kier molecular flexibility index (Phi) is 4.96. The van der Waals surface area contributed by atoms with Crippen molar-refractivity contribution in [2.24, 2.45) is 5.10 Å². The van der Waals surface area contributed by atoms with E-state index < -0.39 is 0 Å². The third-order valence-electron chi connectivity index (χ3n) is 3.00. The first-order valence-corrected chi connectivity index (χ1v) is 6.86. The fourth-order valence-corrected chi connectivity index (χ4v) is 2.00. The molecule has 0 saturated heterocycles. The molecule has 0 amide bonds. The quantitative estimate of drug-likeness (QED) is 0.531. The van der Waals surface area contributed by atoms with Gasteiger partial charge in [0, 0.05) is 12.6 Å². The lowest BCUT2D eigenvalue weighted by Gasteiger charge is -2.07. The molecule has 0 radical (unpaired) electrons. The summed E-state index contributed by atoms with van der Waals surface area (Å²) in [5.41, 5.74) is 7.06. The lowest BCUT2D eigenvalue weighted by atomic mass is 10.1. The van der Waals surface area contributed by atoms with Crippen molar-refractivity contribution in [2.45, 2.75) is 20.3 Å². The first-order valence-electron chi connectivity index (χ1n) is 6.46. The second-order valence-electron chi connectivity index (χ2n) is 4.55. The van der Waals surface area contributed by atoms with Crippen molar-refractivity contribution in [2.75, 3.05) is 0 Å². The van der Waals surface area contributed by atoms with Crippen molar-refractivity contribution >= 4 is 22.9 Å². The molecule has 0 aliphatic carbocycles. The Balaban J connectivity index is 1.97. The molecule has 0 fully saturated rings. The van der Waals surface area contributed by atoms with Gasteiger partial charge in [-0.15, -0.1) is 0 Å². The Morgan fingerprint density at radius 2 is 1.95 bits per heavy atom. The zero-order valence-electron chi connectivity index (χ0n) is 11.6. The molecule has 20 heavy (non-hydrogen) atoms. The van der Waals surface area contributed by atoms with Gasteiger partial charge < -0.3 is 0 Å². The first-order chi connectivity index (χ1) is 9.66. The van der Waals surface area contributed by atoms with Crippen LogP contribution < -0.4 is 5.43 Å². The number of aromatic nitrogens is 1. The van der Waals surface area contributed by atoms with Crippen LogP contribution >= 0.6 is 12.2 Å². The van der Waals surface area contributed by atoms with Crippen LogP contribution in [0, 0.1) is 6.92 Å². The Hall–Kier alpha value is -2.07. The van der Waals surface area contributed by atoms with Crippen LogP contribution in [0.4, 0.5) is 0 Å². The number of nitrogens with one attached hydrogen (secondary N) is 1. The Bertz CT molecular complexity index is 621. The van der Waals surface area contributed by atoms with E-state index in [0.29, 0.717) is 11.4 Å². The fraction of sp³-hybridized carbons (Fsp3) is 0.188. The lowest BCUT2D eigenvalue weighted by molar-refractivity contribution is 1.01. The molecule has 0 saturated carbocycles. The van der Waals surface area contributed by atoms with Gasteiger partial charge >= 0.3 is 0 Å². The molecule has 0 aliphatic rings. The molecule has 1 aromatic heterocycles. The summed E-state index contributed by atoms with van der Waals surface area (Å²) in [6.45, 7) is 3.99. The van der Waals surface area contributed by atoms with Crippen molar-refractivity contribution in [1.29, 1.82) is 0 Å². The molecule has 0 bridgehead atoms. The van der Waals surface area contributed by atoms with Crippen molar-refractivity contribution < 1.29 is 0 Å². The highest BCUT2D eigenvalue weighted by Crippen LogP contribution is 2.08. The van der Waals surface area contributed by atoms with Crippen LogP contribution in [-0.2, 0) is 6.42 Å². The molecule has 102 valence electrons. The molecule has 1 N–H and O–H groups in total. The fourth-order valence-electron chi connectivity index (χ4n) is 1.80. The van der Waals surface area contributed by atoms with Crippen molar-refractivity contribution in [3.63, 3.8) is 0 Å². The second kappa shape index (κ2) is 6.91. The van der Waals surface area contributed by atoms with E-state index in [2.05, 4.69) is 34.6 Å². The maximum absolute atomic E-state index is 5.33. The lowest BCUT2D eigenvalue weighted by Crippen LogP contribution is -2.20. The number of aryl methyl sites for hydroxylation is 1. The third-order valence-corrected chi connectivity index (χ3v) is 3.23. The van der Waals surface area contributed by atoms with Gasteiger partial charge in [-0.1, -0.05) is 42.5 Å². The Morgan fingerprint density at radius 3 is 2.65 bits per heavy atom. The van der Waals surface area contributed by atoms with Gasteiger partial charge in [-0.25, -0.2) is 0 Å².